The van der Waals surface area contributed by atoms with Gasteiger partial charge in [-0.3, -0.25) is 4.79 Å². The Labute approximate surface area is 115 Å². The van der Waals surface area contributed by atoms with Gasteiger partial charge in [-0.15, -0.1) is 0 Å². The molecule has 0 spiro atoms. The number of likely N-dealkylation sites (tertiary alicyclic amines) is 1. The number of ether oxygens (including phenoxy) is 1. The third-order valence-corrected chi connectivity index (χ3v) is 3.13. The number of phenolic OH excluding ortho intramolecular Hbond substituents is 2. The summed E-state index contributed by atoms with van der Waals surface area (Å²) in [7, 11) is 1.28. The van der Waals surface area contributed by atoms with Crippen LogP contribution in [0.15, 0.2) is 18.2 Å². The van der Waals surface area contributed by atoms with E-state index in [2.05, 4.69) is 10.1 Å². The molecule has 1 heterocycles. The molecule has 7 nitrogen and oxygen atoms in total. The van der Waals surface area contributed by atoms with Crippen LogP contribution in [-0.4, -0.2) is 53.4 Å². The number of phenols is 2. The number of aromatic hydroxyl groups is 2. The number of carbonyl (C=O) groups excluding carboxylic acids is 2. The van der Waals surface area contributed by atoms with Gasteiger partial charge in [-0.2, -0.15) is 0 Å². The molecule has 108 valence electrons. The third-order valence-electron chi connectivity index (χ3n) is 3.13. The number of alkyl carbamates (subject to hydrolysis) is 1. The molecule has 1 saturated heterocycles. The Hall–Kier alpha value is -2.44. The van der Waals surface area contributed by atoms with Gasteiger partial charge in [0.1, 0.15) is 11.5 Å². The van der Waals surface area contributed by atoms with E-state index in [0.717, 1.165) is 6.07 Å². The molecule has 20 heavy (non-hydrogen) atoms. The van der Waals surface area contributed by atoms with Crippen molar-refractivity contribution in [3.05, 3.63) is 23.8 Å². The largest absolute Gasteiger partial charge is 0.508 e. The standard InChI is InChI=1S/C13H16N2O5/c1-20-13(19)14-9-2-3-15(7-9)12(18)8-4-10(16)6-11(17)5-8/h4-6,9,16-17H,2-3,7H2,1H3,(H,14,19). The summed E-state index contributed by atoms with van der Waals surface area (Å²) < 4.78 is 4.50. The maximum Gasteiger partial charge on any atom is 0.407 e. The molecule has 2 amide bonds. The molecular weight excluding hydrogens is 264 g/mol. The normalized spacial score (nSPS) is 17.9. The second kappa shape index (κ2) is 5.68. The van der Waals surface area contributed by atoms with Gasteiger partial charge in [0.25, 0.3) is 5.91 Å². The Morgan fingerprint density at radius 2 is 1.95 bits per heavy atom. The van der Waals surface area contributed by atoms with Crippen LogP contribution in [0.25, 0.3) is 0 Å². The second-order valence-corrected chi connectivity index (χ2v) is 4.61. The van der Waals surface area contributed by atoms with E-state index in [1.54, 1.807) is 4.90 Å². The minimum Gasteiger partial charge on any atom is -0.508 e. The molecule has 1 aromatic rings. The molecule has 1 aliphatic heterocycles. The van der Waals surface area contributed by atoms with Crippen molar-refractivity contribution in [3.8, 4) is 11.5 Å². The molecule has 7 heteroatoms. The average Bonchev–Trinajstić information content (AvgIpc) is 2.85. The van der Waals surface area contributed by atoms with Crippen LogP contribution in [-0.2, 0) is 4.74 Å². The number of rotatable bonds is 2. The Bertz CT molecular complexity index is 511. The van der Waals surface area contributed by atoms with Gasteiger partial charge in [0.2, 0.25) is 0 Å². The molecule has 2 rings (SSSR count). The lowest BCUT2D eigenvalue weighted by atomic mass is 10.2. The van der Waals surface area contributed by atoms with E-state index in [1.165, 1.54) is 19.2 Å². The first-order chi connectivity index (χ1) is 9.49. The minimum absolute atomic E-state index is 0.155. The van der Waals surface area contributed by atoms with Crippen molar-refractivity contribution < 1.29 is 24.5 Å². The first-order valence-electron chi connectivity index (χ1n) is 6.16. The molecule has 0 radical (unpaired) electrons. The van der Waals surface area contributed by atoms with E-state index in [9.17, 15) is 19.8 Å². The van der Waals surface area contributed by atoms with E-state index in [0.29, 0.717) is 19.5 Å². The van der Waals surface area contributed by atoms with Gasteiger partial charge in [0, 0.05) is 24.7 Å². The Kier molecular flexibility index (Phi) is 3.97. The summed E-state index contributed by atoms with van der Waals surface area (Å²) in [5.74, 6) is -0.640. The first kappa shape index (κ1) is 14.0. The van der Waals surface area contributed by atoms with Crippen LogP contribution in [0.5, 0.6) is 11.5 Å². The molecule has 1 fully saturated rings. The Morgan fingerprint density at radius 3 is 2.55 bits per heavy atom. The van der Waals surface area contributed by atoms with Crippen LogP contribution in [0.4, 0.5) is 4.79 Å². The highest BCUT2D eigenvalue weighted by molar-refractivity contribution is 5.95. The van der Waals surface area contributed by atoms with Gasteiger partial charge in [0.15, 0.2) is 0 Å². The number of hydrogen-bond acceptors (Lipinski definition) is 5. The van der Waals surface area contributed by atoms with Crippen molar-refractivity contribution in [1.82, 2.24) is 10.2 Å². The van der Waals surface area contributed by atoms with Crippen molar-refractivity contribution in [2.75, 3.05) is 20.2 Å². The summed E-state index contributed by atoms with van der Waals surface area (Å²) in [6, 6.07) is 3.59. The summed E-state index contributed by atoms with van der Waals surface area (Å²) in [5, 5.41) is 21.4. The third kappa shape index (κ3) is 3.11. The van der Waals surface area contributed by atoms with Gasteiger partial charge in [-0.25, -0.2) is 4.79 Å². The molecule has 3 N–H and O–H groups in total. The summed E-state index contributed by atoms with van der Waals surface area (Å²) in [5.41, 5.74) is 0.209. The van der Waals surface area contributed by atoms with Crippen molar-refractivity contribution >= 4 is 12.0 Å². The maximum absolute atomic E-state index is 12.2. The lowest BCUT2D eigenvalue weighted by Gasteiger charge is -2.17. The van der Waals surface area contributed by atoms with Crippen LogP contribution >= 0.6 is 0 Å². The van der Waals surface area contributed by atoms with E-state index in [4.69, 9.17) is 0 Å². The first-order valence-corrected chi connectivity index (χ1v) is 6.16. The quantitative estimate of drug-likeness (QED) is 0.739. The summed E-state index contributed by atoms with van der Waals surface area (Å²) in [4.78, 5) is 24.9. The number of nitrogens with one attached hydrogen (secondary N) is 1. The fourth-order valence-electron chi connectivity index (χ4n) is 2.19. The summed E-state index contributed by atoms with van der Waals surface area (Å²) in [6.45, 7) is 0.855. The number of methoxy groups -OCH3 is 1. The monoisotopic (exact) mass is 280 g/mol. The molecule has 1 aliphatic rings. The maximum atomic E-state index is 12.2. The van der Waals surface area contributed by atoms with Crippen LogP contribution in [0.1, 0.15) is 16.8 Å². The van der Waals surface area contributed by atoms with Crippen LogP contribution < -0.4 is 5.32 Å². The van der Waals surface area contributed by atoms with E-state index in [-0.39, 0.29) is 29.0 Å². The van der Waals surface area contributed by atoms with Crippen LogP contribution in [0, 0.1) is 0 Å². The lowest BCUT2D eigenvalue weighted by molar-refractivity contribution is 0.0787. The SMILES string of the molecule is COC(=O)NC1CCN(C(=O)c2cc(O)cc(O)c2)C1. The molecule has 1 aromatic carbocycles. The van der Waals surface area contributed by atoms with E-state index in [1.807, 2.05) is 0 Å². The van der Waals surface area contributed by atoms with Crippen molar-refractivity contribution in [2.45, 2.75) is 12.5 Å². The second-order valence-electron chi connectivity index (χ2n) is 4.61. The predicted molar refractivity (Wildman–Crippen MR) is 69.6 cm³/mol. The topological polar surface area (TPSA) is 99.1 Å². The molecule has 0 aromatic heterocycles. The number of hydrogen-bond donors (Lipinski definition) is 3. The number of amides is 2. The van der Waals surface area contributed by atoms with Gasteiger partial charge in [0.05, 0.1) is 13.2 Å². The predicted octanol–water partition coefficient (Wildman–Crippen LogP) is 0.668. The molecule has 0 saturated carbocycles. The fraction of sp³-hybridized carbons (Fsp3) is 0.385. The minimum atomic E-state index is -0.528. The molecule has 0 aliphatic carbocycles. The average molecular weight is 280 g/mol. The van der Waals surface area contributed by atoms with E-state index < -0.39 is 6.09 Å². The van der Waals surface area contributed by atoms with Gasteiger partial charge in [-0.05, 0) is 18.6 Å². The van der Waals surface area contributed by atoms with E-state index >= 15 is 0 Å². The van der Waals surface area contributed by atoms with Crippen LogP contribution in [0.3, 0.4) is 0 Å². The Morgan fingerprint density at radius 1 is 1.30 bits per heavy atom. The van der Waals surface area contributed by atoms with Gasteiger partial charge in [-0.1, -0.05) is 0 Å². The summed E-state index contributed by atoms with van der Waals surface area (Å²) in [6.07, 6.45) is 0.102. The lowest BCUT2D eigenvalue weighted by Crippen LogP contribution is -2.38. The molecular formula is C13H16N2O5. The van der Waals surface area contributed by atoms with Gasteiger partial charge < -0.3 is 25.2 Å². The zero-order valence-corrected chi connectivity index (χ0v) is 11.0. The van der Waals surface area contributed by atoms with Crippen molar-refractivity contribution in [3.63, 3.8) is 0 Å². The number of carbonyl (C=O) groups is 2. The zero-order valence-electron chi connectivity index (χ0n) is 11.0. The summed E-state index contributed by atoms with van der Waals surface area (Å²) >= 11 is 0. The van der Waals surface area contributed by atoms with Gasteiger partial charge >= 0.3 is 6.09 Å². The molecule has 0 bridgehead atoms. The fourth-order valence-corrected chi connectivity index (χ4v) is 2.19. The highest BCUT2D eigenvalue weighted by atomic mass is 16.5. The van der Waals surface area contributed by atoms with Crippen LogP contribution in [0.2, 0.25) is 0 Å². The van der Waals surface area contributed by atoms with Crippen molar-refractivity contribution in [2.24, 2.45) is 0 Å². The smallest absolute Gasteiger partial charge is 0.407 e. The number of nitrogens with zero attached hydrogens (tertiary/aromatic N) is 1. The molecule has 1 atom stereocenters. The molecule has 1 unspecified atom stereocenters. The number of benzene rings is 1. The zero-order chi connectivity index (χ0) is 14.7. The highest BCUT2D eigenvalue weighted by Gasteiger charge is 2.28. The van der Waals surface area contributed by atoms with Crippen molar-refractivity contribution in [1.29, 1.82) is 0 Å². The highest BCUT2D eigenvalue weighted by Crippen LogP contribution is 2.22. The Balaban J connectivity index is 2.02.